The molecule has 20 heavy (non-hydrogen) atoms. The zero-order valence-corrected chi connectivity index (χ0v) is 11.7. The summed E-state index contributed by atoms with van der Waals surface area (Å²) in [6.07, 6.45) is 3.35. The van der Waals surface area contributed by atoms with Crippen molar-refractivity contribution in [1.29, 1.82) is 0 Å². The van der Waals surface area contributed by atoms with Crippen LogP contribution in [0, 0.1) is 5.82 Å². The first-order valence-corrected chi connectivity index (χ1v) is 7.03. The number of aromatic amines is 1. The molecule has 1 fully saturated rings. The number of nitrogens with zero attached hydrogens (tertiary/aromatic N) is 2. The van der Waals surface area contributed by atoms with Gasteiger partial charge in [-0.25, -0.2) is 4.39 Å². The van der Waals surface area contributed by atoms with E-state index in [1.54, 1.807) is 12.3 Å². The molecule has 1 saturated heterocycles. The molecule has 0 radical (unpaired) electrons. The minimum Gasteiger partial charge on any atom is -0.318 e. The van der Waals surface area contributed by atoms with Gasteiger partial charge >= 0.3 is 0 Å². The summed E-state index contributed by atoms with van der Waals surface area (Å²) in [5.74, 6) is -0.353. The van der Waals surface area contributed by atoms with Gasteiger partial charge in [-0.2, -0.15) is 0 Å². The van der Waals surface area contributed by atoms with Crippen molar-refractivity contribution in [2.24, 2.45) is 0 Å². The number of rotatable bonds is 3. The Hall–Kier alpha value is -1.75. The van der Waals surface area contributed by atoms with E-state index in [0.717, 1.165) is 13.0 Å². The van der Waals surface area contributed by atoms with E-state index in [4.69, 9.17) is 0 Å². The highest BCUT2D eigenvalue weighted by atomic mass is 19.1. The second-order valence-electron chi connectivity index (χ2n) is 5.44. The van der Waals surface area contributed by atoms with E-state index in [2.05, 4.69) is 21.8 Å². The van der Waals surface area contributed by atoms with Gasteiger partial charge in [-0.15, -0.1) is 0 Å². The summed E-state index contributed by atoms with van der Waals surface area (Å²) in [5.41, 5.74) is 1.69. The largest absolute Gasteiger partial charge is 0.318 e. The number of fused-ring (bicyclic) bond motifs is 1. The Kier molecular flexibility index (Phi) is 3.30. The number of halogens is 1. The molecule has 5 heteroatoms. The Morgan fingerprint density at radius 2 is 2.30 bits per heavy atom. The van der Waals surface area contributed by atoms with Crippen LogP contribution in [0.3, 0.4) is 0 Å². The molecule has 1 aliphatic heterocycles. The van der Waals surface area contributed by atoms with Crippen LogP contribution in [0.4, 0.5) is 4.39 Å². The molecule has 106 valence electrons. The van der Waals surface area contributed by atoms with E-state index >= 15 is 0 Å². The summed E-state index contributed by atoms with van der Waals surface area (Å²) in [7, 11) is 0. The van der Waals surface area contributed by atoms with Crippen molar-refractivity contribution in [2.45, 2.75) is 39.3 Å². The van der Waals surface area contributed by atoms with Crippen molar-refractivity contribution >= 4 is 11.0 Å². The Morgan fingerprint density at radius 1 is 1.50 bits per heavy atom. The van der Waals surface area contributed by atoms with E-state index in [1.165, 1.54) is 0 Å². The van der Waals surface area contributed by atoms with Gasteiger partial charge < -0.3 is 4.98 Å². The van der Waals surface area contributed by atoms with Crippen LogP contribution in [0.5, 0.6) is 0 Å². The molecule has 0 aliphatic carbocycles. The molecule has 3 rings (SSSR count). The van der Waals surface area contributed by atoms with Crippen LogP contribution in [-0.2, 0) is 13.0 Å². The molecule has 0 saturated carbocycles. The maximum atomic E-state index is 14.5. The van der Waals surface area contributed by atoms with Crippen molar-refractivity contribution in [1.82, 2.24) is 14.9 Å². The van der Waals surface area contributed by atoms with Crippen molar-refractivity contribution in [3.63, 3.8) is 0 Å². The normalized spacial score (nSPS) is 19.2. The molecule has 0 spiro atoms. The van der Waals surface area contributed by atoms with Gasteiger partial charge in [0.1, 0.15) is 5.52 Å². The number of hydrogen-bond acceptors (Lipinski definition) is 3. The smallest absolute Gasteiger partial charge is 0.251 e. The lowest BCUT2D eigenvalue weighted by molar-refractivity contribution is 0.0945. The van der Waals surface area contributed by atoms with Gasteiger partial charge in [-0.1, -0.05) is 6.92 Å². The van der Waals surface area contributed by atoms with Gasteiger partial charge in [0.05, 0.1) is 5.52 Å². The minimum absolute atomic E-state index is 0.220. The molecule has 0 aromatic carbocycles. The lowest BCUT2D eigenvalue weighted by Crippen LogP contribution is -2.44. The number of aryl methyl sites for hydroxylation is 1. The number of aromatic nitrogens is 2. The molecular weight excluding hydrogens is 257 g/mol. The van der Waals surface area contributed by atoms with E-state index in [1.807, 2.05) is 6.92 Å². The average Bonchev–Trinajstić information content (AvgIpc) is 2.45. The summed E-state index contributed by atoms with van der Waals surface area (Å²) >= 11 is 0. The second kappa shape index (κ2) is 4.98. The molecule has 1 aliphatic rings. The third-order valence-corrected chi connectivity index (χ3v) is 4.17. The minimum atomic E-state index is -0.353. The molecule has 0 bridgehead atoms. The quantitative estimate of drug-likeness (QED) is 0.934. The number of nitrogens with one attached hydrogen (secondary N) is 1. The second-order valence-corrected chi connectivity index (χ2v) is 5.44. The fourth-order valence-corrected chi connectivity index (χ4v) is 2.59. The topological polar surface area (TPSA) is 49.0 Å². The maximum Gasteiger partial charge on any atom is 0.251 e. The average molecular weight is 275 g/mol. The van der Waals surface area contributed by atoms with E-state index in [9.17, 15) is 9.18 Å². The Bertz CT molecular complexity index is 710. The van der Waals surface area contributed by atoms with Crippen molar-refractivity contribution in [3.8, 4) is 0 Å². The molecule has 3 heterocycles. The number of pyridine rings is 2. The predicted molar refractivity (Wildman–Crippen MR) is 76.2 cm³/mol. The lowest BCUT2D eigenvalue weighted by Gasteiger charge is -2.38. The van der Waals surface area contributed by atoms with E-state index in [0.29, 0.717) is 35.7 Å². The predicted octanol–water partition coefficient (Wildman–Crippen LogP) is 2.22. The van der Waals surface area contributed by atoms with Crippen molar-refractivity contribution < 1.29 is 4.39 Å². The highest BCUT2D eigenvalue weighted by molar-refractivity contribution is 5.75. The zero-order valence-electron chi connectivity index (χ0n) is 11.7. The summed E-state index contributed by atoms with van der Waals surface area (Å²) in [4.78, 5) is 20.9. The fraction of sp³-hybridized carbons (Fsp3) is 0.467. The van der Waals surface area contributed by atoms with Crippen molar-refractivity contribution in [2.75, 3.05) is 6.54 Å². The lowest BCUT2D eigenvalue weighted by atomic mass is 10.0. The molecule has 0 amide bonds. The maximum absolute atomic E-state index is 14.5. The first-order valence-electron chi connectivity index (χ1n) is 7.03. The van der Waals surface area contributed by atoms with Gasteiger partial charge in [0.15, 0.2) is 5.82 Å². The highest BCUT2D eigenvalue weighted by Gasteiger charge is 2.24. The summed E-state index contributed by atoms with van der Waals surface area (Å²) in [5, 5.41) is 0. The molecule has 2 aromatic heterocycles. The first-order chi connectivity index (χ1) is 9.60. The van der Waals surface area contributed by atoms with Gasteiger partial charge in [0, 0.05) is 36.5 Å². The Balaban J connectivity index is 2.03. The van der Waals surface area contributed by atoms with Crippen LogP contribution in [-0.4, -0.2) is 27.5 Å². The third kappa shape index (κ3) is 2.12. The molecular formula is C15H18FN3O. The van der Waals surface area contributed by atoms with Crippen molar-refractivity contribution in [3.05, 3.63) is 39.6 Å². The standard InChI is InChI=1S/C15H18FN3O/c1-3-10-6-12-14(18-15(10)20)13(16)11(7-17-12)8-19-5-4-9(19)2/h6-7,9H,3-5,8H2,1-2H3,(H,18,20). The van der Waals surface area contributed by atoms with Crippen LogP contribution in [0.1, 0.15) is 31.4 Å². The van der Waals surface area contributed by atoms with E-state index < -0.39 is 0 Å². The fourth-order valence-electron chi connectivity index (χ4n) is 2.59. The molecule has 4 nitrogen and oxygen atoms in total. The molecule has 2 aromatic rings. The first kappa shape index (κ1) is 13.2. The van der Waals surface area contributed by atoms with Crippen LogP contribution < -0.4 is 5.56 Å². The number of likely N-dealkylation sites (tertiary alicyclic amines) is 1. The monoisotopic (exact) mass is 275 g/mol. The Labute approximate surface area is 116 Å². The molecule has 1 unspecified atom stereocenters. The number of H-pyrrole nitrogens is 1. The van der Waals surface area contributed by atoms with Gasteiger partial charge in [0.2, 0.25) is 0 Å². The van der Waals surface area contributed by atoms with E-state index in [-0.39, 0.29) is 16.9 Å². The summed E-state index contributed by atoms with van der Waals surface area (Å²) in [6.45, 7) is 5.56. The molecule has 1 atom stereocenters. The summed E-state index contributed by atoms with van der Waals surface area (Å²) in [6, 6.07) is 2.17. The van der Waals surface area contributed by atoms with Gasteiger partial charge in [-0.05, 0) is 25.8 Å². The third-order valence-electron chi connectivity index (χ3n) is 4.17. The SMILES string of the molecule is CCc1cc2ncc(CN3CCC3C)c(F)c2[nH]c1=O. The van der Waals surface area contributed by atoms with Gasteiger partial charge in [0.25, 0.3) is 5.56 Å². The van der Waals surface area contributed by atoms with Crippen LogP contribution in [0.25, 0.3) is 11.0 Å². The summed E-state index contributed by atoms with van der Waals surface area (Å²) < 4.78 is 14.5. The molecule has 1 N–H and O–H groups in total. The highest BCUT2D eigenvalue weighted by Crippen LogP contribution is 2.23. The Morgan fingerprint density at radius 3 is 2.90 bits per heavy atom. The van der Waals surface area contributed by atoms with Crippen LogP contribution >= 0.6 is 0 Å². The van der Waals surface area contributed by atoms with Gasteiger partial charge in [-0.3, -0.25) is 14.7 Å². The van der Waals surface area contributed by atoms with Crippen LogP contribution in [0.15, 0.2) is 17.1 Å². The van der Waals surface area contributed by atoms with Crippen LogP contribution in [0.2, 0.25) is 0 Å². The zero-order chi connectivity index (χ0) is 14.3. The number of hydrogen-bond donors (Lipinski definition) is 1.